The maximum atomic E-state index is 10.9. The molecule has 1 aromatic heterocycles. The molecule has 1 rings (SSSR count). The lowest BCUT2D eigenvalue weighted by molar-refractivity contribution is -0.385. The van der Waals surface area contributed by atoms with Crippen LogP contribution < -0.4 is 10.1 Å². The second kappa shape index (κ2) is 6.67. The van der Waals surface area contributed by atoms with Gasteiger partial charge in [-0.3, -0.25) is 10.1 Å². The van der Waals surface area contributed by atoms with Crippen molar-refractivity contribution in [3.8, 4) is 5.88 Å². The number of aromatic nitrogens is 2. The van der Waals surface area contributed by atoms with E-state index >= 15 is 0 Å². The molecule has 0 saturated heterocycles. The van der Waals surface area contributed by atoms with Crippen molar-refractivity contribution < 1.29 is 19.5 Å². The van der Waals surface area contributed by atoms with Crippen LogP contribution in [-0.4, -0.2) is 53.5 Å². The number of methoxy groups -OCH3 is 2. The zero-order valence-electron chi connectivity index (χ0n) is 9.99. The minimum Gasteiger partial charge on any atom is -0.476 e. The van der Waals surface area contributed by atoms with E-state index < -0.39 is 11.0 Å². The van der Waals surface area contributed by atoms with Crippen molar-refractivity contribution in [2.45, 2.75) is 6.10 Å². The predicted octanol–water partition coefficient (Wildman–Crippen LogP) is -0.187. The van der Waals surface area contributed by atoms with Crippen LogP contribution in [0.15, 0.2) is 6.33 Å². The second-order valence-electron chi connectivity index (χ2n) is 3.33. The van der Waals surface area contributed by atoms with Crippen LogP contribution in [0.5, 0.6) is 5.88 Å². The number of nitrogens with zero attached hydrogens (tertiary/aromatic N) is 3. The number of aliphatic hydroxyl groups excluding tert-OH is 1. The molecular weight excluding hydrogens is 244 g/mol. The molecule has 1 heterocycles. The van der Waals surface area contributed by atoms with Crippen LogP contribution in [0.2, 0.25) is 0 Å². The summed E-state index contributed by atoms with van der Waals surface area (Å²) in [4.78, 5) is 17.6. The zero-order valence-corrected chi connectivity index (χ0v) is 9.99. The van der Waals surface area contributed by atoms with E-state index in [4.69, 9.17) is 9.47 Å². The normalized spacial score (nSPS) is 11.9. The first-order valence-electron chi connectivity index (χ1n) is 5.04. The van der Waals surface area contributed by atoms with E-state index in [1.54, 1.807) is 0 Å². The van der Waals surface area contributed by atoms with Crippen molar-refractivity contribution >= 4 is 11.5 Å². The Balaban J connectivity index is 2.85. The summed E-state index contributed by atoms with van der Waals surface area (Å²) in [6.45, 7) is 0.178. The smallest absolute Gasteiger partial charge is 0.372 e. The van der Waals surface area contributed by atoms with E-state index in [0.29, 0.717) is 0 Å². The third kappa shape index (κ3) is 3.50. The molecule has 0 bridgehead atoms. The molecule has 1 atom stereocenters. The maximum Gasteiger partial charge on any atom is 0.372 e. The van der Waals surface area contributed by atoms with Crippen LogP contribution in [0.1, 0.15) is 0 Å². The number of aliphatic hydroxyl groups is 1. The molecule has 1 unspecified atom stereocenters. The number of rotatable bonds is 7. The molecule has 18 heavy (non-hydrogen) atoms. The standard InChI is InChI=1S/C9H14N4O5/c1-17-4-6(14)3-10-8-7(13(15)16)9(18-2)12-5-11-8/h5-6,14H,3-4H2,1-2H3,(H,10,11,12). The van der Waals surface area contributed by atoms with Crippen molar-refractivity contribution in [1.82, 2.24) is 9.97 Å². The Morgan fingerprint density at radius 1 is 1.56 bits per heavy atom. The molecule has 0 spiro atoms. The van der Waals surface area contributed by atoms with Gasteiger partial charge in [-0.15, -0.1) is 0 Å². The molecule has 0 aliphatic rings. The van der Waals surface area contributed by atoms with Gasteiger partial charge in [0.05, 0.1) is 24.7 Å². The maximum absolute atomic E-state index is 10.9. The molecule has 9 nitrogen and oxygen atoms in total. The van der Waals surface area contributed by atoms with E-state index in [1.807, 2.05) is 0 Å². The molecule has 0 aromatic carbocycles. The Kier molecular flexibility index (Phi) is 5.21. The molecule has 0 amide bonds. The van der Waals surface area contributed by atoms with Crippen LogP contribution in [-0.2, 0) is 4.74 Å². The lowest BCUT2D eigenvalue weighted by Crippen LogP contribution is -2.25. The van der Waals surface area contributed by atoms with Gasteiger partial charge in [0.1, 0.15) is 6.33 Å². The monoisotopic (exact) mass is 258 g/mol. The van der Waals surface area contributed by atoms with Crippen LogP contribution in [0.25, 0.3) is 0 Å². The van der Waals surface area contributed by atoms with Gasteiger partial charge >= 0.3 is 5.69 Å². The second-order valence-corrected chi connectivity index (χ2v) is 3.33. The topological polar surface area (TPSA) is 120 Å². The third-order valence-electron chi connectivity index (χ3n) is 2.03. The molecular formula is C9H14N4O5. The van der Waals surface area contributed by atoms with Crippen LogP contribution >= 0.6 is 0 Å². The molecule has 0 radical (unpaired) electrons. The van der Waals surface area contributed by atoms with Crippen molar-refractivity contribution in [1.29, 1.82) is 0 Å². The van der Waals surface area contributed by atoms with Gasteiger partial charge in [-0.05, 0) is 0 Å². The van der Waals surface area contributed by atoms with Crippen molar-refractivity contribution in [2.24, 2.45) is 0 Å². The van der Waals surface area contributed by atoms with Crippen molar-refractivity contribution in [3.05, 3.63) is 16.4 Å². The summed E-state index contributed by atoms with van der Waals surface area (Å²) in [5.41, 5.74) is -0.371. The van der Waals surface area contributed by atoms with Gasteiger partial charge in [0, 0.05) is 13.7 Å². The van der Waals surface area contributed by atoms with E-state index in [2.05, 4.69) is 15.3 Å². The number of anilines is 1. The highest BCUT2D eigenvalue weighted by atomic mass is 16.6. The lowest BCUT2D eigenvalue weighted by atomic mass is 10.3. The molecule has 100 valence electrons. The van der Waals surface area contributed by atoms with E-state index in [-0.39, 0.29) is 30.5 Å². The highest BCUT2D eigenvalue weighted by molar-refractivity contribution is 5.61. The molecule has 0 saturated carbocycles. The van der Waals surface area contributed by atoms with E-state index in [1.165, 1.54) is 14.2 Å². The minimum absolute atomic E-state index is 0.0120. The Hall–Kier alpha value is -2.00. The average Bonchev–Trinajstić information content (AvgIpc) is 2.35. The molecule has 0 aliphatic heterocycles. The first-order chi connectivity index (χ1) is 8.60. The van der Waals surface area contributed by atoms with Crippen LogP contribution in [0.4, 0.5) is 11.5 Å². The van der Waals surface area contributed by atoms with Crippen molar-refractivity contribution in [3.63, 3.8) is 0 Å². The van der Waals surface area contributed by atoms with Crippen LogP contribution in [0, 0.1) is 10.1 Å². The lowest BCUT2D eigenvalue weighted by Gasteiger charge is -2.11. The van der Waals surface area contributed by atoms with Crippen LogP contribution in [0.3, 0.4) is 0 Å². The SMILES string of the molecule is COCC(O)CNc1ncnc(OC)c1[N+](=O)[O-]. The average molecular weight is 258 g/mol. The first-order valence-corrected chi connectivity index (χ1v) is 5.04. The summed E-state index contributed by atoms with van der Waals surface area (Å²) in [5, 5.41) is 23.0. The fourth-order valence-corrected chi connectivity index (χ4v) is 1.27. The van der Waals surface area contributed by atoms with Gasteiger partial charge in [0.15, 0.2) is 0 Å². The summed E-state index contributed by atoms with van der Waals surface area (Å²) in [6.07, 6.45) is 0.340. The summed E-state index contributed by atoms with van der Waals surface area (Å²) in [5.74, 6) is -0.152. The number of nitro groups is 1. The van der Waals surface area contributed by atoms with Gasteiger partial charge in [-0.2, -0.15) is 4.98 Å². The van der Waals surface area contributed by atoms with Gasteiger partial charge in [-0.1, -0.05) is 0 Å². The molecule has 0 aliphatic carbocycles. The minimum atomic E-state index is -0.796. The van der Waals surface area contributed by atoms with E-state index in [9.17, 15) is 15.2 Å². The molecule has 9 heteroatoms. The molecule has 2 N–H and O–H groups in total. The quantitative estimate of drug-likeness (QED) is 0.510. The number of nitrogens with one attached hydrogen (secondary N) is 1. The Bertz CT molecular complexity index is 414. The van der Waals surface area contributed by atoms with Gasteiger partial charge in [0.2, 0.25) is 5.82 Å². The van der Waals surface area contributed by atoms with Gasteiger partial charge in [0.25, 0.3) is 5.88 Å². The number of hydrogen-bond acceptors (Lipinski definition) is 8. The Morgan fingerprint density at radius 2 is 2.28 bits per heavy atom. The zero-order chi connectivity index (χ0) is 13.5. The predicted molar refractivity (Wildman–Crippen MR) is 61.6 cm³/mol. The summed E-state index contributed by atoms with van der Waals surface area (Å²) in [6, 6.07) is 0. The largest absolute Gasteiger partial charge is 0.476 e. The summed E-state index contributed by atoms with van der Waals surface area (Å²) >= 11 is 0. The van der Waals surface area contributed by atoms with Gasteiger partial charge < -0.3 is 19.9 Å². The fraction of sp³-hybridized carbons (Fsp3) is 0.556. The summed E-state index contributed by atoms with van der Waals surface area (Å²) < 4.78 is 9.51. The Labute approximate surface area is 103 Å². The van der Waals surface area contributed by atoms with Crippen molar-refractivity contribution in [2.75, 3.05) is 32.7 Å². The summed E-state index contributed by atoms with van der Waals surface area (Å²) in [7, 11) is 2.72. The number of ether oxygens (including phenoxy) is 2. The van der Waals surface area contributed by atoms with Gasteiger partial charge in [-0.25, -0.2) is 4.98 Å². The Morgan fingerprint density at radius 3 is 2.83 bits per heavy atom. The number of hydrogen-bond donors (Lipinski definition) is 2. The molecule has 0 fully saturated rings. The molecule has 1 aromatic rings. The highest BCUT2D eigenvalue weighted by Crippen LogP contribution is 2.30. The van der Waals surface area contributed by atoms with E-state index in [0.717, 1.165) is 6.33 Å². The third-order valence-corrected chi connectivity index (χ3v) is 2.03. The first kappa shape index (κ1) is 14.1. The fourth-order valence-electron chi connectivity index (χ4n) is 1.27. The highest BCUT2D eigenvalue weighted by Gasteiger charge is 2.23.